The van der Waals surface area contributed by atoms with E-state index in [0.717, 1.165) is 4.31 Å². The highest BCUT2D eigenvalue weighted by atomic mass is 35.5. The van der Waals surface area contributed by atoms with E-state index in [1.165, 1.54) is 31.6 Å². The van der Waals surface area contributed by atoms with Crippen molar-refractivity contribution in [2.75, 3.05) is 19.0 Å². The quantitative estimate of drug-likeness (QED) is 0.528. The SMILES string of the molecule is COc1ccc(NC(=O)CN(Cc2ccco2)S(=O)(=O)c2ccc(Cl)c(Cl)c2)cc1. The molecule has 1 aromatic heterocycles. The van der Waals surface area contributed by atoms with Crippen LogP contribution in [-0.2, 0) is 21.4 Å². The van der Waals surface area contributed by atoms with Crippen molar-refractivity contribution in [2.45, 2.75) is 11.4 Å². The van der Waals surface area contributed by atoms with Crippen molar-refractivity contribution in [2.24, 2.45) is 0 Å². The van der Waals surface area contributed by atoms with Crippen molar-refractivity contribution in [3.8, 4) is 5.75 Å². The first-order valence-electron chi connectivity index (χ1n) is 8.71. The molecule has 0 aliphatic carbocycles. The summed E-state index contributed by atoms with van der Waals surface area (Å²) in [5.41, 5.74) is 0.505. The van der Waals surface area contributed by atoms with Crippen LogP contribution >= 0.6 is 23.2 Å². The fourth-order valence-electron chi connectivity index (χ4n) is 2.62. The second-order valence-electron chi connectivity index (χ2n) is 6.21. The largest absolute Gasteiger partial charge is 0.497 e. The molecule has 0 fully saturated rings. The Morgan fingerprint density at radius 2 is 1.83 bits per heavy atom. The van der Waals surface area contributed by atoms with Gasteiger partial charge in [-0.2, -0.15) is 4.31 Å². The summed E-state index contributed by atoms with van der Waals surface area (Å²) in [5, 5.41) is 2.99. The zero-order valence-corrected chi connectivity index (χ0v) is 18.2. The number of sulfonamides is 1. The van der Waals surface area contributed by atoms with Crippen LogP contribution < -0.4 is 10.1 Å². The van der Waals surface area contributed by atoms with E-state index in [2.05, 4.69) is 5.32 Å². The van der Waals surface area contributed by atoms with Crippen molar-refractivity contribution in [3.63, 3.8) is 0 Å². The molecular formula is C20H18Cl2N2O5S. The van der Waals surface area contributed by atoms with Gasteiger partial charge in [-0.05, 0) is 54.6 Å². The first-order valence-corrected chi connectivity index (χ1v) is 10.9. The van der Waals surface area contributed by atoms with Gasteiger partial charge in [0.15, 0.2) is 0 Å². The van der Waals surface area contributed by atoms with Gasteiger partial charge >= 0.3 is 0 Å². The average Bonchev–Trinajstić information content (AvgIpc) is 3.23. The Morgan fingerprint density at radius 1 is 1.10 bits per heavy atom. The molecule has 3 aromatic rings. The monoisotopic (exact) mass is 468 g/mol. The van der Waals surface area contributed by atoms with Gasteiger partial charge in [0.25, 0.3) is 0 Å². The normalized spacial score (nSPS) is 11.5. The van der Waals surface area contributed by atoms with E-state index in [0.29, 0.717) is 17.2 Å². The molecule has 0 unspecified atom stereocenters. The molecule has 2 aromatic carbocycles. The molecule has 1 heterocycles. The summed E-state index contributed by atoms with van der Waals surface area (Å²) in [6, 6.07) is 13.9. The van der Waals surface area contributed by atoms with Gasteiger partial charge in [0.05, 0.1) is 41.4 Å². The lowest BCUT2D eigenvalue weighted by atomic mass is 10.3. The van der Waals surface area contributed by atoms with Gasteiger partial charge in [0.1, 0.15) is 11.5 Å². The highest BCUT2D eigenvalue weighted by Gasteiger charge is 2.28. The summed E-state index contributed by atoms with van der Waals surface area (Å²) in [5.74, 6) is 0.501. The number of halogens is 2. The van der Waals surface area contributed by atoms with Crippen molar-refractivity contribution < 1.29 is 22.4 Å². The van der Waals surface area contributed by atoms with E-state index in [1.54, 1.807) is 36.4 Å². The number of nitrogens with one attached hydrogen (secondary N) is 1. The van der Waals surface area contributed by atoms with Gasteiger partial charge in [-0.1, -0.05) is 23.2 Å². The average molecular weight is 469 g/mol. The molecule has 0 bridgehead atoms. The molecule has 158 valence electrons. The summed E-state index contributed by atoms with van der Waals surface area (Å²) in [6.45, 7) is -0.569. The predicted octanol–water partition coefficient (Wildman–Crippen LogP) is 4.42. The van der Waals surface area contributed by atoms with E-state index in [-0.39, 0.29) is 21.5 Å². The number of benzene rings is 2. The lowest BCUT2D eigenvalue weighted by Crippen LogP contribution is -2.37. The van der Waals surface area contributed by atoms with Crippen molar-refractivity contribution >= 4 is 44.8 Å². The summed E-state index contributed by atoms with van der Waals surface area (Å²) in [6.07, 6.45) is 1.43. The highest BCUT2D eigenvalue weighted by Crippen LogP contribution is 2.27. The Balaban J connectivity index is 1.84. The third kappa shape index (κ3) is 5.34. The van der Waals surface area contributed by atoms with Crippen LogP contribution in [0, 0.1) is 0 Å². The maximum Gasteiger partial charge on any atom is 0.244 e. The molecule has 1 N–H and O–H groups in total. The standard InChI is InChI=1S/C20H18Cl2N2O5S/c1-28-15-6-4-14(5-7-15)23-20(25)13-24(12-16-3-2-10-29-16)30(26,27)17-8-9-18(21)19(22)11-17/h2-11H,12-13H2,1H3,(H,23,25). The molecule has 7 nitrogen and oxygen atoms in total. The molecule has 3 rings (SSSR count). The van der Waals surface area contributed by atoms with Crippen molar-refractivity contribution in [3.05, 3.63) is 76.7 Å². The Labute approximate surface area is 184 Å². The zero-order chi connectivity index (χ0) is 21.7. The number of methoxy groups -OCH3 is 1. The van der Waals surface area contributed by atoms with E-state index in [1.807, 2.05) is 0 Å². The molecule has 0 saturated heterocycles. The van der Waals surface area contributed by atoms with Crippen molar-refractivity contribution in [1.82, 2.24) is 4.31 Å². The minimum Gasteiger partial charge on any atom is -0.497 e. The molecule has 0 radical (unpaired) electrons. The second-order valence-corrected chi connectivity index (χ2v) is 8.96. The fraction of sp³-hybridized carbons (Fsp3) is 0.150. The Hall–Kier alpha value is -2.52. The Kier molecular flexibility index (Phi) is 7.04. The van der Waals surface area contributed by atoms with Crippen LogP contribution in [0.3, 0.4) is 0 Å². The third-order valence-corrected chi connectivity index (χ3v) is 6.66. The number of anilines is 1. The molecule has 0 aliphatic heterocycles. The molecule has 0 saturated carbocycles. The van der Waals surface area contributed by atoms with Crippen LogP contribution in [0.1, 0.15) is 5.76 Å². The molecule has 0 atom stereocenters. The van der Waals surface area contributed by atoms with E-state index in [9.17, 15) is 13.2 Å². The van der Waals surface area contributed by atoms with E-state index < -0.39 is 22.5 Å². The number of rotatable bonds is 8. The first-order chi connectivity index (χ1) is 14.3. The number of carbonyl (C=O) groups is 1. The van der Waals surface area contributed by atoms with Gasteiger partial charge in [0.2, 0.25) is 15.9 Å². The van der Waals surface area contributed by atoms with Gasteiger partial charge in [0, 0.05) is 5.69 Å². The summed E-state index contributed by atoms with van der Waals surface area (Å²) in [4.78, 5) is 12.5. The maximum absolute atomic E-state index is 13.2. The fourth-order valence-corrected chi connectivity index (χ4v) is 4.38. The van der Waals surface area contributed by atoms with Crippen LogP contribution in [-0.4, -0.2) is 32.3 Å². The smallest absolute Gasteiger partial charge is 0.244 e. The van der Waals surface area contributed by atoms with Crippen LogP contribution in [0.15, 0.2) is 70.2 Å². The maximum atomic E-state index is 13.2. The number of hydrogen-bond donors (Lipinski definition) is 1. The lowest BCUT2D eigenvalue weighted by Gasteiger charge is -2.21. The summed E-state index contributed by atoms with van der Waals surface area (Å²) < 4.78 is 37.7. The number of carbonyl (C=O) groups excluding carboxylic acids is 1. The highest BCUT2D eigenvalue weighted by molar-refractivity contribution is 7.89. The van der Waals surface area contributed by atoms with E-state index >= 15 is 0 Å². The van der Waals surface area contributed by atoms with Crippen LogP contribution in [0.2, 0.25) is 10.0 Å². The second kappa shape index (κ2) is 9.53. The number of hydrogen-bond acceptors (Lipinski definition) is 5. The van der Waals surface area contributed by atoms with Crippen LogP contribution in [0.5, 0.6) is 5.75 Å². The Bertz CT molecular complexity index is 1120. The molecule has 10 heteroatoms. The minimum absolute atomic E-state index is 0.0827. The number of furan rings is 1. The third-order valence-electron chi connectivity index (χ3n) is 4.13. The topological polar surface area (TPSA) is 88.8 Å². The first kappa shape index (κ1) is 22.2. The molecule has 0 aliphatic rings. The molecule has 30 heavy (non-hydrogen) atoms. The van der Waals surface area contributed by atoms with Crippen molar-refractivity contribution in [1.29, 1.82) is 0 Å². The molecule has 1 amide bonds. The number of nitrogens with zero attached hydrogens (tertiary/aromatic N) is 1. The number of ether oxygens (including phenoxy) is 1. The van der Waals surface area contributed by atoms with Crippen LogP contribution in [0.4, 0.5) is 5.69 Å². The molecular weight excluding hydrogens is 451 g/mol. The summed E-state index contributed by atoms with van der Waals surface area (Å²) >= 11 is 11.9. The van der Waals surface area contributed by atoms with Gasteiger partial charge < -0.3 is 14.5 Å². The van der Waals surface area contributed by atoms with E-state index in [4.69, 9.17) is 32.4 Å². The Morgan fingerprint density at radius 3 is 2.43 bits per heavy atom. The minimum atomic E-state index is -4.07. The lowest BCUT2D eigenvalue weighted by molar-refractivity contribution is -0.116. The van der Waals surface area contributed by atoms with Crippen LogP contribution in [0.25, 0.3) is 0 Å². The summed E-state index contributed by atoms with van der Waals surface area (Å²) in [7, 11) is -2.53. The molecule has 0 spiro atoms. The van der Waals surface area contributed by atoms with Gasteiger partial charge in [-0.3, -0.25) is 4.79 Å². The van der Waals surface area contributed by atoms with Gasteiger partial charge in [-0.15, -0.1) is 0 Å². The van der Waals surface area contributed by atoms with Gasteiger partial charge in [-0.25, -0.2) is 8.42 Å². The number of amides is 1. The zero-order valence-electron chi connectivity index (χ0n) is 15.8. The predicted molar refractivity (Wildman–Crippen MR) is 114 cm³/mol.